The Balaban J connectivity index is 1.51. The van der Waals surface area contributed by atoms with Gasteiger partial charge in [-0.3, -0.25) is 4.79 Å². The minimum absolute atomic E-state index is 0.197. The summed E-state index contributed by atoms with van der Waals surface area (Å²) >= 11 is 0. The minimum Gasteiger partial charge on any atom is -0.450 e. The van der Waals surface area contributed by atoms with Gasteiger partial charge in [0.15, 0.2) is 0 Å². The molecule has 0 spiro atoms. The summed E-state index contributed by atoms with van der Waals surface area (Å²) in [6.45, 7) is 5.30. The van der Waals surface area contributed by atoms with Crippen LogP contribution in [0.4, 0.5) is 10.5 Å². The number of amides is 2. The highest BCUT2D eigenvalue weighted by atomic mass is 16.6. The molecule has 0 radical (unpaired) electrons. The number of carbonyl (C=O) groups excluding carboxylic acids is 2. The first kappa shape index (κ1) is 18.7. The van der Waals surface area contributed by atoms with E-state index in [1.807, 2.05) is 36.4 Å². The van der Waals surface area contributed by atoms with Crippen LogP contribution in [-0.2, 0) is 11.3 Å². The highest BCUT2D eigenvalue weighted by molar-refractivity contribution is 5.92. The van der Waals surface area contributed by atoms with Crippen LogP contribution in [0.2, 0.25) is 0 Å². The molecule has 27 heavy (non-hydrogen) atoms. The molecule has 1 N–H and O–H groups in total. The number of aromatic nitrogens is 1. The van der Waals surface area contributed by atoms with Gasteiger partial charge in [-0.05, 0) is 24.6 Å². The molecule has 0 atom stereocenters. The zero-order chi connectivity index (χ0) is 19.1. The van der Waals surface area contributed by atoms with E-state index in [0.717, 1.165) is 11.3 Å². The van der Waals surface area contributed by atoms with Crippen molar-refractivity contribution in [1.82, 2.24) is 15.2 Å². The van der Waals surface area contributed by atoms with Gasteiger partial charge in [-0.25, -0.2) is 9.78 Å². The monoisotopic (exact) mass is 368 g/mol. The normalized spacial score (nSPS) is 14.0. The average Bonchev–Trinajstić information content (AvgIpc) is 2.73. The van der Waals surface area contributed by atoms with Gasteiger partial charge in [-0.1, -0.05) is 30.3 Å². The molecule has 0 unspecified atom stereocenters. The van der Waals surface area contributed by atoms with E-state index in [-0.39, 0.29) is 12.0 Å². The molecule has 1 saturated heterocycles. The van der Waals surface area contributed by atoms with E-state index in [2.05, 4.69) is 15.2 Å². The Morgan fingerprint density at radius 2 is 1.81 bits per heavy atom. The number of rotatable bonds is 5. The lowest BCUT2D eigenvalue weighted by Crippen LogP contribution is -2.49. The van der Waals surface area contributed by atoms with Crippen molar-refractivity contribution < 1.29 is 14.3 Å². The number of hydrogen-bond donors (Lipinski definition) is 1. The van der Waals surface area contributed by atoms with Crippen LogP contribution in [0, 0.1) is 0 Å². The lowest BCUT2D eigenvalue weighted by atomic mass is 10.2. The number of pyridine rings is 1. The Morgan fingerprint density at radius 3 is 2.44 bits per heavy atom. The summed E-state index contributed by atoms with van der Waals surface area (Å²) in [5.41, 5.74) is 2.37. The molecular formula is C20H24N4O3. The standard InChI is InChI=1S/C20H24N4O3/c1-2-27-20(26)24-12-10-23(11-13-24)17-8-9-18(21-15-17)19(25)22-14-16-6-4-3-5-7-16/h3-9,15H,2,10-14H2,1H3,(H,22,25). The van der Waals surface area contributed by atoms with Crippen molar-refractivity contribution in [3.05, 3.63) is 59.9 Å². The van der Waals surface area contributed by atoms with E-state index in [9.17, 15) is 9.59 Å². The number of nitrogens with one attached hydrogen (secondary N) is 1. The maximum Gasteiger partial charge on any atom is 0.409 e. The van der Waals surface area contributed by atoms with Crippen LogP contribution < -0.4 is 10.2 Å². The number of hydrogen-bond acceptors (Lipinski definition) is 5. The van der Waals surface area contributed by atoms with E-state index in [4.69, 9.17) is 4.74 Å². The van der Waals surface area contributed by atoms with Gasteiger partial charge in [0.2, 0.25) is 0 Å². The third kappa shape index (κ3) is 4.97. The van der Waals surface area contributed by atoms with Gasteiger partial charge in [0.05, 0.1) is 18.5 Å². The molecule has 1 aliphatic heterocycles. The molecular weight excluding hydrogens is 344 g/mol. The molecule has 2 heterocycles. The van der Waals surface area contributed by atoms with Gasteiger partial charge in [-0.15, -0.1) is 0 Å². The molecule has 0 saturated carbocycles. The molecule has 7 heteroatoms. The molecule has 1 fully saturated rings. The highest BCUT2D eigenvalue weighted by Gasteiger charge is 2.22. The van der Waals surface area contributed by atoms with Gasteiger partial charge in [0.1, 0.15) is 5.69 Å². The van der Waals surface area contributed by atoms with Crippen LogP contribution in [-0.4, -0.2) is 54.7 Å². The first-order valence-corrected chi connectivity index (χ1v) is 9.12. The number of ether oxygens (including phenoxy) is 1. The van der Waals surface area contributed by atoms with Gasteiger partial charge in [0, 0.05) is 32.7 Å². The van der Waals surface area contributed by atoms with Crippen LogP contribution in [0.15, 0.2) is 48.7 Å². The quantitative estimate of drug-likeness (QED) is 0.876. The number of anilines is 1. The zero-order valence-corrected chi connectivity index (χ0v) is 15.4. The van der Waals surface area contributed by atoms with Crippen molar-refractivity contribution in [3.8, 4) is 0 Å². The molecule has 2 aromatic rings. The Kier molecular flexibility index (Phi) is 6.25. The second kappa shape index (κ2) is 9.02. The summed E-state index contributed by atoms with van der Waals surface area (Å²) in [4.78, 5) is 32.1. The minimum atomic E-state index is -0.263. The fraction of sp³-hybridized carbons (Fsp3) is 0.350. The summed E-state index contributed by atoms with van der Waals surface area (Å²) in [5.74, 6) is -0.197. The molecule has 0 aliphatic carbocycles. The molecule has 142 valence electrons. The molecule has 3 rings (SSSR count). The molecule has 0 bridgehead atoms. The van der Waals surface area contributed by atoms with Gasteiger partial charge < -0.3 is 19.9 Å². The number of nitrogens with zero attached hydrogens (tertiary/aromatic N) is 3. The van der Waals surface area contributed by atoms with E-state index < -0.39 is 0 Å². The van der Waals surface area contributed by atoms with Crippen LogP contribution in [0.25, 0.3) is 0 Å². The van der Waals surface area contributed by atoms with Crippen molar-refractivity contribution >= 4 is 17.7 Å². The first-order valence-electron chi connectivity index (χ1n) is 9.12. The van der Waals surface area contributed by atoms with Crippen LogP contribution in [0.5, 0.6) is 0 Å². The van der Waals surface area contributed by atoms with Crippen molar-refractivity contribution in [2.45, 2.75) is 13.5 Å². The SMILES string of the molecule is CCOC(=O)N1CCN(c2ccc(C(=O)NCc3ccccc3)nc2)CC1. The summed E-state index contributed by atoms with van der Waals surface area (Å²) < 4.78 is 5.03. The Labute approximate surface area is 158 Å². The third-order valence-electron chi connectivity index (χ3n) is 4.45. The summed E-state index contributed by atoms with van der Waals surface area (Å²) in [7, 11) is 0. The zero-order valence-electron chi connectivity index (χ0n) is 15.4. The van der Waals surface area contributed by atoms with Crippen molar-refractivity contribution in [2.75, 3.05) is 37.7 Å². The van der Waals surface area contributed by atoms with E-state index in [1.165, 1.54) is 0 Å². The van der Waals surface area contributed by atoms with Gasteiger partial charge in [-0.2, -0.15) is 0 Å². The molecule has 1 aromatic heterocycles. The number of benzene rings is 1. The molecule has 1 aromatic carbocycles. The molecule has 2 amide bonds. The van der Waals surface area contributed by atoms with Crippen LogP contribution >= 0.6 is 0 Å². The highest BCUT2D eigenvalue weighted by Crippen LogP contribution is 2.16. The van der Waals surface area contributed by atoms with E-state index in [0.29, 0.717) is 45.0 Å². The lowest BCUT2D eigenvalue weighted by molar-refractivity contribution is 0.0945. The van der Waals surface area contributed by atoms with Crippen molar-refractivity contribution in [2.24, 2.45) is 0 Å². The fourth-order valence-corrected chi connectivity index (χ4v) is 2.94. The Bertz CT molecular complexity index is 757. The lowest BCUT2D eigenvalue weighted by Gasteiger charge is -2.35. The van der Waals surface area contributed by atoms with Crippen molar-refractivity contribution in [1.29, 1.82) is 0 Å². The third-order valence-corrected chi connectivity index (χ3v) is 4.45. The van der Waals surface area contributed by atoms with E-state index >= 15 is 0 Å². The van der Waals surface area contributed by atoms with Gasteiger partial charge in [0.25, 0.3) is 5.91 Å². The largest absolute Gasteiger partial charge is 0.450 e. The Morgan fingerprint density at radius 1 is 1.07 bits per heavy atom. The predicted octanol–water partition coefficient (Wildman–Crippen LogP) is 2.29. The second-order valence-electron chi connectivity index (χ2n) is 6.24. The number of piperazine rings is 1. The maximum atomic E-state index is 12.2. The predicted molar refractivity (Wildman–Crippen MR) is 103 cm³/mol. The van der Waals surface area contributed by atoms with E-state index in [1.54, 1.807) is 24.1 Å². The Hall–Kier alpha value is -3.09. The van der Waals surface area contributed by atoms with Crippen molar-refractivity contribution in [3.63, 3.8) is 0 Å². The average molecular weight is 368 g/mol. The van der Waals surface area contributed by atoms with Crippen LogP contribution in [0.1, 0.15) is 23.0 Å². The fourth-order valence-electron chi connectivity index (χ4n) is 2.94. The second-order valence-corrected chi connectivity index (χ2v) is 6.24. The van der Waals surface area contributed by atoms with Gasteiger partial charge >= 0.3 is 6.09 Å². The topological polar surface area (TPSA) is 74.8 Å². The first-order chi connectivity index (χ1) is 13.2. The smallest absolute Gasteiger partial charge is 0.409 e. The van der Waals surface area contributed by atoms with Crippen LogP contribution in [0.3, 0.4) is 0 Å². The molecule has 7 nitrogen and oxygen atoms in total. The maximum absolute atomic E-state index is 12.2. The molecule has 1 aliphatic rings. The summed E-state index contributed by atoms with van der Waals surface area (Å²) in [6, 6.07) is 13.4. The summed E-state index contributed by atoms with van der Waals surface area (Å²) in [5, 5.41) is 2.87. The summed E-state index contributed by atoms with van der Waals surface area (Å²) in [6.07, 6.45) is 1.44. The number of carbonyl (C=O) groups is 2.